The standard InChI is InChI=1S/C12H16N4/c1-3-16-10(6-8-15-16)11(13)12-9(2)5-4-7-14-12/h4-8,11H,3,13H2,1-2H3. The molecular formula is C12H16N4. The third kappa shape index (κ3) is 1.84. The van der Waals surface area contributed by atoms with Crippen LogP contribution in [0, 0.1) is 6.92 Å². The molecule has 0 amide bonds. The SMILES string of the molecule is CCn1nccc1C(N)c1ncccc1C. The zero-order chi connectivity index (χ0) is 11.5. The van der Waals surface area contributed by atoms with Gasteiger partial charge in [-0.05, 0) is 31.5 Å². The van der Waals surface area contributed by atoms with Gasteiger partial charge < -0.3 is 5.73 Å². The summed E-state index contributed by atoms with van der Waals surface area (Å²) in [6.45, 7) is 4.89. The van der Waals surface area contributed by atoms with E-state index in [-0.39, 0.29) is 6.04 Å². The van der Waals surface area contributed by atoms with Crippen LogP contribution < -0.4 is 5.73 Å². The van der Waals surface area contributed by atoms with Crippen molar-refractivity contribution in [1.29, 1.82) is 0 Å². The lowest BCUT2D eigenvalue weighted by Crippen LogP contribution is -2.19. The lowest BCUT2D eigenvalue weighted by atomic mass is 10.1. The molecule has 2 heterocycles. The minimum absolute atomic E-state index is 0.205. The minimum Gasteiger partial charge on any atom is -0.318 e. The second-order valence-corrected chi connectivity index (χ2v) is 3.76. The molecule has 0 aliphatic carbocycles. The molecule has 2 aromatic heterocycles. The van der Waals surface area contributed by atoms with E-state index >= 15 is 0 Å². The summed E-state index contributed by atoms with van der Waals surface area (Å²) in [4.78, 5) is 4.34. The first kappa shape index (κ1) is 10.8. The van der Waals surface area contributed by atoms with Crippen molar-refractivity contribution in [2.24, 2.45) is 5.73 Å². The van der Waals surface area contributed by atoms with Crippen molar-refractivity contribution in [3.63, 3.8) is 0 Å². The summed E-state index contributed by atoms with van der Waals surface area (Å²) in [5.41, 5.74) is 9.24. The molecule has 0 spiro atoms. The number of hydrogen-bond acceptors (Lipinski definition) is 3. The van der Waals surface area contributed by atoms with Gasteiger partial charge in [0, 0.05) is 18.9 Å². The zero-order valence-electron chi connectivity index (χ0n) is 9.59. The van der Waals surface area contributed by atoms with E-state index in [1.165, 1.54) is 0 Å². The van der Waals surface area contributed by atoms with E-state index in [0.29, 0.717) is 0 Å². The topological polar surface area (TPSA) is 56.7 Å². The molecule has 2 rings (SSSR count). The van der Waals surface area contributed by atoms with Crippen LogP contribution in [0.15, 0.2) is 30.6 Å². The quantitative estimate of drug-likeness (QED) is 0.848. The molecule has 16 heavy (non-hydrogen) atoms. The van der Waals surface area contributed by atoms with E-state index in [1.807, 2.05) is 29.8 Å². The molecule has 4 nitrogen and oxygen atoms in total. The van der Waals surface area contributed by atoms with Crippen LogP contribution >= 0.6 is 0 Å². The van der Waals surface area contributed by atoms with Crippen molar-refractivity contribution in [2.45, 2.75) is 26.4 Å². The molecule has 0 fully saturated rings. The van der Waals surface area contributed by atoms with Gasteiger partial charge in [0.1, 0.15) is 0 Å². The first-order valence-corrected chi connectivity index (χ1v) is 5.42. The van der Waals surface area contributed by atoms with Gasteiger partial charge in [-0.25, -0.2) is 0 Å². The number of hydrogen-bond donors (Lipinski definition) is 1. The van der Waals surface area contributed by atoms with Crippen LogP contribution in [0.4, 0.5) is 0 Å². The third-order valence-corrected chi connectivity index (χ3v) is 2.71. The molecule has 1 unspecified atom stereocenters. The van der Waals surface area contributed by atoms with Gasteiger partial charge in [0.2, 0.25) is 0 Å². The molecule has 0 bridgehead atoms. The Labute approximate surface area is 95.1 Å². The Morgan fingerprint density at radius 3 is 2.88 bits per heavy atom. The van der Waals surface area contributed by atoms with Crippen molar-refractivity contribution in [3.8, 4) is 0 Å². The Bertz CT molecular complexity index is 475. The van der Waals surface area contributed by atoms with Crippen LogP contribution in [0.25, 0.3) is 0 Å². The van der Waals surface area contributed by atoms with Gasteiger partial charge in [-0.1, -0.05) is 6.07 Å². The van der Waals surface area contributed by atoms with Gasteiger partial charge in [-0.2, -0.15) is 5.10 Å². The van der Waals surface area contributed by atoms with Gasteiger partial charge in [-0.15, -0.1) is 0 Å². The summed E-state index contributed by atoms with van der Waals surface area (Å²) in [7, 11) is 0. The number of aryl methyl sites for hydroxylation is 2. The van der Waals surface area contributed by atoms with Crippen LogP contribution in [0.2, 0.25) is 0 Å². The molecule has 0 radical (unpaired) electrons. The van der Waals surface area contributed by atoms with Crippen molar-refractivity contribution in [3.05, 3.63) is 47.5 Å². The lowest BCUT2D eigenvalue weighted by Gasteiger charge is -2.14. The molecule has 2 aromatic rings. The fourth-order valence-electron chi connectivity index (χ4n) is 1.83. The van der Waals surface area contributed by atoms with Crippen LogP contribution in [0.5, 0.6) is 0 Å². The summed E-state index contributed by atoms with van der Waals surface area (Å²) in [5, 5.41) is 4.22. The molecule has 0 aliphatic heterocycles. The van der Waals surface area contributed by atoms with Gasteiger partial charge in [0.15, 0.2) is 0 Å². The van der Waals surface area contributed by atoms with E-state index in [9.17, 15) is 0 Å². The predicted octanol–water partition coefficient (Wildman–Crippen LogP) is 1.65. The number of nitrogens with two attached hydrogens (primary N) is 1. The summed E-state index contributed by atoms with van der Waals surface area (Å²) in [5.74, 6) is 0. The Kier molecular flexibility index (Phi) is 3.01. The van der Waals surface area contributed by atoms with Gasteiger partial charge in [0.05, 0.1) is 17.4 Å². The van der Waals surface area contributed by atoms with E-state index in [0.717, 1.165) is 23.5 Å². The van der Waals surface area contributed by atoms with Gasteiger partial charge in [0.25, 0.3) is 0 Å². The van der Waals surface area contributed by atoms with Crippen LogP contribution in [0.1, 0.15) is 29.9 Å². The highest BCUT2D eigenvalue weighted by Gasteiger charge is 2.16. The number of pyridine rings is 1. The number of aromatic nitrogens is 3. The zero-order valence-corrected chi connectivity index (χ0v) is 9.59. The Hall–Kier alpha value is -1.68. The van der Waals surface area contributed by atoms with Crippen molar-refractivity contribution in [1.82, 2.24) is 14.8 Å². The van der Waals surface area contributed by atoms with E-state index in [4.69, 9.17) is 5.73 Å². The summed E-state index contributed by atoms with van der Waals surface area (Å²) in [6.07, 6.45) is 3.55. The fraction of sp³-hybridized carbons (Fsp3) is 0.333. The molecule has 84 valence electrons. The van der Waals surface area contributed by atoms with Crippen LogP contribution in [-0.2, 0) is 6.54 Å². The monoisotopic (exact) mass is 216 g/mol. The second-order valence-electron chi connectivity index (χ2n) is 3.76. The maximum atomic E-state index is 6.21. The molecule has 1 atom stereocenters. The predicted molar refractivity (Wildman–Crippen MR) is 62.9 cm³/mol. The Morgan fingerprint density at radius 2 is 2.19 bits per heavy atom. The van der Waals surface area contributed by atoms with E-state index < -0.39 is 0 Å². The van der Waals surface area contributed by atoms with Crippen molar-refractivity contribution >= 4 is 0 Å². The summed E-state index contributed by atoms with van der Waals surface area (Å²) < 4.78 is 1.90. The molecule has 0 aromatic carbocycles. The average Bonchev–Trinajstić information content (AvgIpc) is 2.77. The summed E-state index contributed by atoms with van der Waals surface area (Å²) in [6, 6.07) is 5.68. The molecule has 0 saturated heterocycles. The highest BCUT2D eigenvalue weighted by Crippen LogP contribution is 2.19. The van der Waals surface area contributed by atoms with Crippen molar-refractivity contribution < 1.29 is 0 Å². The highest BCUT2D eigenvalue weighted by atomic mass is 15.3. The molecule has 4 heteroatoms. The van der Waals surface area contributed by atoms with Gasteiger partial charge >= 0.3 is 0 Å². The van der Waals surface area contributed by atoms with E-state index in [1.54, 1.807) is 12.4 Å². The smallest absolute Gasteiger partial charge is 0.0899 e. The molecule has 0 aliphatic rings. The third-order valence-electron chi connectivity index (χ3n) is 2.71. The molecular weight excluding hydrogens is 200 g/mol. The van der Waals surface area contributed by atoms with Crippen LogP contribution in [-0.4, -0.2) is 14.8 Å². The Morgan fingerprint density at radius 1 is 1.38 bits per heavy atom. The van der Waals surface area contributed by atoms with E-state index in [2.05, 4.69) is 17.0 Å². The molecule has 0 saturated carbocycles. The van der Waals surface area contributed by atoms with Crippen LogP contribution in [0.3, 0.4) is 0 Å². The van der Waals surface area contributed by atoms with Crippen molar-refractivity contribution in [2.75, 3.05) is 0 Å². The highest BCUT2D eigenvalue weighted by molar-refractivity contribution is 5.27. The normalized spacial score (nSPS) is 12.7. The largest absolute Gasteiger partial charge is 0.318 e. The van der Waals surface area contributed by atoms with Gasteiger partial charge in [-0.3, -0.25) is 9.67 Å². The fourth-order valence-corrected chi connectivity index (χ4v) is 1.83. The maximum Gasteiger partial charge on any atom is 0.0899 e. The average molecular weight is 216 g/mol. The number of nitrogens with zero attached hydrogens (tertiary/aromatic N) is 3. The lowest BCUT2D eigenvalue weighted by molar-refractivity contribution is 0.595. The number of rotatable bonds is 3. The maximum absolute atomic E-state index is 6.21. The minimum atomic E-state index is -0.205. The first-order chi connectivity index (χ1) is 7.74. The Balaban J connectivity index is 2.39. The summed E-state index contributed by atoms with van der Waals surface area (Å²) >= 11 is 0. The first-order valence-electron chi connectivity index (χ1n) is 5.42. The second kappa shape index (κ2) is 4.45. The molecule has 2 N–H and O–H groups in total.